The van der Waals surface area contributed by atoms with Crippen LogP contribution in [0.4, 0.5) is 23.2 Å². The van der Waals surface area contributed by atoms with Crippen LogP contribution in [-0.4, -0.2) is 29.5 Å². The zero-order valence-corrected chi connectivity index (χ0v) is 18.5. The van der Waals surface area contributed by atoms with Crippen molar-refractivity contribution < 1.29 is 31.9 Å². The molecule has 0 fully saturated rings. The average molecular weight is 468 g/mol. The predicted octanol–water partition coefficient (Wildman–Crippen LogP) is 6.11. The second-order valence-corrected chi connectivity index (χ2v) is 8.19. The van der Waals surface area contributed by atoms with Crippen LogP contribution in [0.5, 0.6) is 0 Å². The molecule has 0 N–H and O–H groups in total. The van der Waals surface area contributed by atoms with Crippen molar-refractivity contribution >= 4 is 46.6 Å². The number of alkyl halides is 3. The molecule has 0 atom stereocenters. The van der Waals surface area contributed by atoms with Gasteiger partial charge in [0.2, 0.25) is 5.91 Å². The van der Waals surface area contributed by atoms with Crippen LogP contribution in [-0.2, 0) is 14.4 Å². The van der Waals surface area contributed by atoms with Crippen LogP contribution >= 0.6 is 23.4 Å². The third kappa shape index (κ3) is 7.12. The largest absolute Gasteiger partial charge is 0.412 e. The number of benzene rings is 1. The fraction of sp³-hybridized carbons (Fsp3) is 0.450. The first-order chi connectivity index (χ1) is 13.8. The molecule has 1 aromatic carbocycles. The minimum absolute atomic E-state index is 0.0440. The number of carbonyl (C=O) groups excluding carboxylic acids is 3. The van der Waals surface area contributed by atoms with Crippen LogP contribution in [0, 0.1) is 5.82 Å². The van der Waals surface area contributed by atoms with E-state index in [1.807, 2.05) is 0 Å². The summed E-state index contributed by atoms with van der Waals surface area (Å²) in [6, 6.07) is 2.08. The van der Waals surface area contributed by atoms with E-state index in [0.717, 1.165) is 19.9 Å². The van der Waals surface area contributed by atoms with Crippen molar-refractivity contribution in [2.45, 2.75) is 58.0 Å². The van der Waals surface area contributed by atoms with Crippen LogP contribution in [0.2, 0.25) is 5.02 Å². The minimum Gasteiger partial charge on any atom is -0.300 e. The Labute approximate surface area is 181 Å². The second kappa shape index (κ2) is 10.9. The van der Waals surface area contributed by atoms with Gasteiger partial charge in [0.25, 0.3) is 5.91 Å². The summed E-state index contributed by atoms with van der Waals surface area (Å²) in [5.74, 6) is -2.61. The number of halogens is 5. The molecule has 166 valence electrons. The summed E-state index contributed by atoms with van der Waals surface area (Å²) in [4.78, 5) is 36.3. The molecule has 0 aliphatic rings. The molecule has 0 bridgehead atoms. The average Bonchev–Trinajstić information content (AvgIpc) is 2.61. The molecule has 0 saturated carbocycles. The molecule has 1 aromatic rings. The van der Waals surface area contributed by atoms with E-state index in [9.17, 15) is 31.9 Å². The van der Waals surface area contributed by atoms with E-state index in [-0.39, 0.29) is 10.8 Å². The lowest BCUT2D eigenvalue weighted by Gasteiger charge is -2.22. The number of imide groups is 1. The Morgan fingerprint density at radius 3 is 2.17 bits per heavy atom. The molecule has 0 unspecified atom stereocenters. The van der Waals surface area contributed by atoms with Crippen LogP contribution in [0.25, 0.3) is 0 Å². The fourth-order valence-corrected chi connectivity index (χ4v) is 3.70. The van der Waals surface area contributed by atoms with Crippen molar-refractivity contribution in [1.29, 1.82) is 0 Å². The van der Waals surface area contributed by atoms with Gasteiger partial charge in [-0.1, -0.05) is 11.6 Å². The van der Waals surface area contributed by atoms with Crippen LogP contribution in [0.3, 0.4) is 0 Å². The normalized spacial score (nSPS) is 12.4. The van der Waals surface area contributed by atoms with E-state index in [1.54, 1.807) is 0 Å². The van der Waals surface area contributed by atoms with Crippen molar-refractivity contribution in [2.75, 3.05) is 10.7 Å². The molecule has 4 nitrogen and oxygen atoms in total. The van der Waals surface area contributed by atoms with Crippen molar-refractivity contribution in [3.05, 3.63) is 34.1 Å². The Balaban J connectivity index is 3.23. The summed E-state index contributed by atoms with van der Waals surface area (Å²) in [6.07, 6.45) is -3.00. The number of amides is 2. The minimum atomic E-state index is -4.76. The van der Waals surface area contributed by atoms with Crippen molar-refractivity contribution in [3.8, 4) is 0 Å². The molecule has 10 heteroatoms. The second-order valence-electron chi connectivity index (χ2n) is 6.65. The predicted molar refractivity (Wildman–Crippen MR) is 109 cm³/mol. The molecule has 0 radical (unpaired) electrons. The van der Waals surface area contributed by atoms with Gasteiger partial charge in [0.15, 0.2) is 0 Å². The first kappa shape index (κ1) is 26.2. The molecule has 1 rings (SSSR count). The number of thioether (sulfide) groups is 1. The van der Waals surface area contributed by atoms with Gasteiger partial charge < -0.3 is 4.79 Å². The van der Waals surface area contributed by atoms with Gasteiger partial charge in [0, 0.05) is 29.4 Å². The van der Waals surface area contributed by atoms with Crippen LogP contribution in [0.15, 0.2) is 28.2 Å². The summed E-state index contributed by atoms with van der Waals surface area (Å²) in [6.45, 7) is 4.09. The summed E-state index contributed by atoms with van der Waals surface area (Å²) in [5, 5.41) is 0.0440. The number of anilines is 1. The maximum atomic E-state index is 14.5. The van der Waals surface area contributed by atoms with Crippen molar-refractivity contribution in [3.63, 3.8) is 0 Å². The van der Waals surface area contributed by atoms with Gasteiger partial charge in [-0.15, -0.1) is 11.8 Å². The molecule has 2 amide bonds. The molecule has 0 aromatic heterocycles. The molecule has 0 aliphatic carbocycles. The summed E-state index contributed by atoms with van der Waals surface area (Å²) in [7, 11) is 0. The highest BCUT2D eigenvalue weighted by molar-refractivity contribution is 7.99. The van der Waals surface area contributed by atoms with Crippen molar-refractivity contribution in [1.82, 2.24) is 0 Å². The maximum Gasteiger partial charge on any atom is 0.412 e. The van der Waals surface area contributed by atoms with Gasteiger partial charge in [0.05, 0.1) is 10.7 Å². The van der Waals surface area contributed by atoms with Crippen LogP contribution in [0.1, 0.15) is 47.0 Å². The van der Waals surface area contributed by atoms with E-state index in [1.165, 1.54) is 24.8 Å². The Hall–Kier alpha value is -1.87. The molecular weight excluding hydrogens is 446 g/mol. The number of unbranched alkanes of at least 4 members (excludes halogenated alkanes) is 1. The zero-order valence-electron chi connectivity index (χ0n) is 17.0. The SMILES string of the molecule is CC(=O)CCCCSc1cc(N(C(C)=O)C(=O)/C(C)=C(\C)C(F)(F)F)c(F)cc1Cl. The molecule has 0 heterocycles. The van der Waals surface area contributed by atoms with E-state index >= 15 is 0 Å². The molecule has 0 saturated heterocycles. The Bertz CT molecular complexity index is 868. The number of rotatable bonds is 8. The Kier molecular flexibility index (Phi) is 9.55. The van der Waals surface area contributed by atoms with Gasteiger partial charge >= 0.3 is 6.18 Å². The topological polar surface area (TPSA) is 54.5 Å². The third-order valence-electron chi connectivity index (χ3n) is 4.25. The molecule has 0 aliphatic heterocycles. The number of hydrogen-bond acceptors (Lipinski definition) is 4. The van der Waals surface area contributed by atoms with Crippen molar-refractivity contribution in [2.24, 2.45) is 0 Å². The number of nitrogens with zero attached hydrogens (tertiary/aromatic N) is 1. The Morgan fingerprint density at radius 1 is 1.07 bits per heavy atom. The number of Topliss-reactive ketones (excluding diaryl/α,β-unsaturated/α-hetero) is 1. The lowest BCUT2D eigenvalue weighted by molar-refractivity contribution is -0.124. The highest BCUT2D eigenvalue weighted by Gasteiger charge is 2.35. The van der Waals surface area contributed by atoms with E-state index in [0.29, 0.717) is 41.7 Å². The van der Waals surface area contributed by atoms with E-state index in [2.05, 4.69) is 0 Å². The van der Waals surface area contributed by atoms with E-state index in [4.69, 9.17) is 11.6 Å². The summed E-state index contributed by atoms with van der Waals surface area (Å²) in [5.41, 5.74) is -2.36. The Morgan fingerprint density at radius 2 is 1.67 bits per heavy atom. The molecule has 30 heavy (non-hydrogen) atoms. The first-order valence-corrected chi connectivity index (χ1v) is 10.3. The lowest BCUT2D eigenvalue weighted by atomic mass is 10.1. The van der Waals surface area contributed by atoms with E-state index < -0.39 is 40.6 Å². The zero-order chi connectivity index (χ0) is 23.2. The smallest absolute Gasteiger partial charge is 0.300 e. The highest BCUT2D eigenvalue weighted by Crippen LogP contribution is 2.35. The number of allylic oxidation sites excluding steroid dienone is 1. The highest BCUT2D eigenvalue weighted by atomic mass is 35.5. The lowest BCUT2D eigenvalue weighted by Crippen LogP contribution is -2.37. The molecular formula is C20H22ClF4NO3S. The van der Waals surface area contributed by atoms with Gasteiger partial charge in [-0.3, -0.25) is 9.59 Å². The number of hydrogen-bond donors (Lipinski definition) is 0. The quantitative estimate of drug-likeness (QED) is 0.200. The standard InChI is InChI=1S/C20H22ClF4NO3S/c1-11(27)7-5-6-8-30-18-10-17(16(22)9-15(18)21)26(14(4)28)19(29)12(2)13(3)20(23,24)25/h9-10H,5-8H2,1-4H3/b13-12+. The van der Waals surface area contributed by atoms with Gasteiger partial charge in [-0.2, -0.15) is 13.2 Å². The monoisotopic (exact) mass is 467 g/mol. The number of ketones is 1. The van der Waals surface area contributed by atoms with Crippen LogP contribution < -0.4 is 4.90 Å². The summed E-state index contributed by atoms with van der Waals surface area (Å²) >= 11 is 7.27. The number of carbonyl (C=O) groups is 3. The van der Waals surface area contributed by atoms with Gasteiger partial charge in [0.1, 0.15) is 11.6 Å². The third-order valence-corrected chi connectivity index (χ3v) is 5.82. The maximum absolute atomic E-state index is 14.5. The fourth-order valence-electron chi connectivity index (χ4n) is 2.42. The first-order valence-electron chi connectivity index (χ1n) is 8.98. The van der Waals surface area contributed by atoms with Gasteiger partial charge in [-0.25, -0.2) is 9.29 Å². The summed E-state index contributed by atoms with van der Waals surface area (Å²) < 4.78 is 53.4. The van der Waals surface area contributed by atoms with Gasteiger partial charge in [-0.05, 0) is 51.5 Å². The molecule has 0 spiro atoms.